The van der Waals surface area contributed by atoms with E-state index in [1.807, 2.05) is 0 Å². The largest absolute Gasteiger partial charge is 0.370 e. The number of carbonyl (C=O) groups is 2. The maximum Gasteiger partial charge on any atom is 0.217 e. The first-order valence-corrected chi connectivity index (χ1v) is 9.94. The number of unbranched alkanes of at least 4 members (excludes halogenated alkanes) is 1. The molecule has 25 heavy (non-hydrogen) atoms. The molecule has 0 atom stereocenters. The van der Waals surface area contributed by atoms with E-state index in [-0.39, 0.29) is 11.8 Å². The first kappa shape index (κ1) is 21.9. The normalized spacial score (nSPS) is 29.4. The van der Waals surface area contributed by atoms with Crippen molar-refractivity contribution in [3.63, 3.8) is 0 Å². The molecule has 8 N–H and O–H groups in total. The van der Waals surface area contributed by atoms with Crippen LogP contribution in [0, 0.1) is 11.8 Å². The average molecular weight is 355 g/mol. The Morgan fingerprint density at radius 2 is 0.960 bits per heavy atom. The van der Waals surface area contributed by atoms with Crippen molar-refractivity contribution in [3.8, 4) is 0 Å². The average Bonchev–Trinajstić information content (AvgIpc) is 2.56. The minimum Gasteiger partial charge on any atom is -0.370 e. The fourth-order valence-electron chi connectivity index (χ4n) is 3.92. The quantitative estimate of drug-likeness (QED) is 0.519. The lowest BCUT2D eigenvalue weighted by atomic mass is 9.76. The molecule has 0 aromatic carbocycles. The number of nitrogens with two attached hydrogens (primary N) is 4. The SMILES string of the molecule is NC(=O)CCCCC(N)=O.NC1CCC(CC2CCC(N)CC2)CC1. The fraction of sp³-hybridized carbons (Fsp3) is 0.895. The highest BCUT2D eigenvalue weighted by Crippen LogP contribution is 2.34. The minimum atomic E-state index is -0.329. The van der Waals surface area contributed by atoms with Crippen LogP contribution >= 0.6 is 0 Å². The third-order valence-electron chi connectivity index (χ3n) is 5.55. The standard InChI is InChI=1S/C13H26N2.C6H12N2O2/c14-12-5-1-10(2-6-12)9-11-3-7-13(15)8-4-11;7-5(9)3-1-2-4-6(8)10/h10-13H,1-9,14-15H2;1-4H2,(H2,7,9)(H2,8,10). The van der Waals surface area contributed by atoms with Crippen LogP contribution in [0.5, 0.6) is 0 Å². The van der Waals surface area contributed by atoms with Gasteiger partial charge in [0, 0.05) is 24.9 Å². The number of carbonyl (C=O) groups excluding carboxylic acids is 2. The van der Waals surface area contributed by atoms with Crippen molar-refractivity contribution in [2.75, 3.05) is 0 Å². The third-order valence-corrected chi connectivity index (χ3v) is 5.55. The van der Waals surface area contributed by atoms with Gasteiger partial charge in [-0.2, -0.15) is 0 Å². The summed E-state index contributed by atoms with van der Waals surface area (Å²) < 4.78 is 0. The van der Waals surface area contributed by atoms with Gasteiger partial charge in [-0.15, -0.1) is 0 Å². The zero-order chi connectivity index (χ0) is 18.7. The molecule has 0 saturated heterocycles. The number of amides is 2. The molecule has 0 unspecified atom stereocenters. The lowest BCUT2D eigenvalue weighted by molar-refractivity contribution is -0.119. The molecule has 6 nitrogen and oxygen atoms in total. The fourth-order valence-corrected chi connectivity index (χ4v) is 3.92. The molecule has 2 amide bonds. The van der Waals surface area contributed by atoms with Crippen LogP contribution in [-0.2, 0) is 9.59 Å². The molecule has 2 aliphatic carbocycles. The van der Waals surface area contributed by atoms with E-state index in [9.17, 15) is 9.59 Å². The summed E-state index contributed by atoms with van der Waals surface area (Å²) >= 11 is 0. The first-order chi connectivity index (χ1) is 11.9. The summed E-state index contributed by atoms with van der Waals surface area (Å²) in [4.78, 5) is 20.3. The molecule has 2 saturated carbocycles. The molecule has 6 heteroatoms. The van der Waals surface area contributed by atoms with Gasteiger partial charge in [-0.1, -0.05) is 0 Å². The summed E-state index contributed by atoms with van der Waals surface area (Å²) in [6.45, 7) is 0. The van der Waals surface area contributed by atoms with Crippen molar-refractivity contribution < 1.29 is 9.59 Å². The van der Waals surface area contributed by atoms with Crippen LogP contribution in [0.1, 0.15) is 83.5 Å². The van der Waals surface area contributed by atoms with Crippen LogP contribution < -0.4 is 22.9 Å². The lowest BCUT2D eigenvalue weighted by Crippen LogP contribution is -2.30. The van der Waals surface area contributed by atoms with Gasteiger partial charge in [-0.05, 0) is 82.5 Å². The molecular formula is C19H38N4O2. The Bertz CT molecular complexity index is 351. The van der Waals surface area contributed by atoms with Gasteiger partial charge in [0.25, 0.3) is 0 Å². The van der Waals surface area contributed by atoms with Crippen LogP contribution in [0.25, 0.3) is 0 Å². The van der Waals surface area contributed by atoms with Crippen molar-refractivity contribution in [1.82, 2.24) is 0 Å². The molecule has 0 bridgehead atoms. The van der Waals surface area contributed by atoms with Crippen LogP contribution in [0.2, 0.25) is 0 Å². The molecule has 0 aliphatic heterocycles. The minimum absolute atomic E-state index is 0.329. The molecule has 2 rings (SSSR count). The van der Waals surface area contributed by atoms with Gasteiger partial charge in [0.2, 0.25) is 11.8 Å². The van der Waals surface area contributed by atoms with E-state index in [1.165, 1.54) is 57.8 Å². The predicted octanol–water partition coefficient (Wildman–Crippen LogP) is 1.93. The zero-order valence-corrected chi connectivity index (χ0v) is 15.6. The van der Waals surface area contributed by atoms with Crippen molar-refractivity contribution in [3.05, 3.63) is 0 Å². The summed E-state index contributed by atoms with van der Waals surface area (Å²) in [7, 11) is 0. The number of primary amides is 2. The molecule has 0 spiro atoms. The van der Waals surface area contributed by atoms with E-state index in [0.29, 0.717) is 37.8 Å². The lowest BCUT2D eigenvalue weighted by Gasteiger charge is -2.32. The first-order valence-electron chi connectivity index (χ1n) is 9.94. The van der Waals surface area contributed by atoms with Crippen LogP contribution in [0.15, 0.2) is 0 Å². The number of hydrogen-bond donors (Lipinski definition) is 4. The van der Waals surface area contributed by atoms with E-state index in [0.717, 1.165) is 11.8 Å². The van der Waals surface area contributed by atoms with E-state index < -0.39 is 0 Å². The molecule has 146 valence electrons. The maximum absolute atomic E-state index is 10.2. The Balaban J connectivity index is 0.000000275. The molecule has 0 radical (unpaired) electrons. The maximum atomic E-state index is 10.2. The van der Waals surface area contributed by atoms with Gasteiger partial charge in [0.1, 0.15) is 0 Å². The molecule has 0 aromatic heterocycles. The van der Waals surface area contributed by atoms with Gasteiger partial charge in [0.15, 0.2) is 0 Å². The Labute approximate surface area is 152 Å². The van der Waals surface area contributed by atoms with E-state index in [2.05, 4.69) is 0 Å². The van der Waals surface area contributed by atoms with E-state index in [1.54, 1.807) is 0 Å². The van der Waals surface area contributed by atoms with Gasteiger partial charge in [0.05, 0.1) is 0 Å². The second-order valence-electron chi connectivity index (χ2n) is 7.94. The van der Waals surface area contributed by atoms with Crippen LogP contribution in [0.3, 0.4) is 0 Å². The van der Waals surface area contributed by atoms with Crippen LogP contribution in [-0.4, -0.2) is 23.9 Å². The van der Waals surface area contributed by atoms with Crippen molar-refractivity contribution in [2.24, 2.45) is 34.8 Å². The summed E-state index contributed by atoms with van der Waals surface area (Å²) in [6.07, 6.45) is 14.0. The van der Waals surface area contributed by atoms with Crippen molar-refractivity contribution in [1.29, 1.82) is 0 Å². The number of rotatable bonds is 7. The highest BCUT2D eigenvalue weighted by molar-refractivity contribution is 5.74. The Hall–Kier alpha value is -1.14. The molecule has 0 aromatic rings. The van der Waals surface area contributed by atoms with E-state index >= 15 is 0 Å². The third kappa shape index (κ3) is 11.2. The van der Waals surface area contributed by atoms with Crippen molar-refractivity contribution in [2.45, 2.75) is 95.6 Å². The molecular weight excluding hydrogens is 316 g/mol. The van der Waals surface area contributed by atoms with Gasteiger partial charge in [-0.25, -0.2) is 0 Å². The monoisotopic (exact) mass is 354 g/mol. The van der Waals surface area contributed by atoms with Gasteiger partial charge < -0.3 is 22.9 Å². The second kappa shape index (κ2) is 12.3. The predicted molar refractivity (Wildman–Crippen MR) is 101 cm³/mol. The van der Waals surface area contributed by atoms with Crippen LogP contribution in [0.4, 0.5) is 0 Å². The van der Waals surface area contributed by atoms with Crippen molar-refractivity contribution >= 4 is 11.8 Å². The number of hydrogen-bond acceptors (Lipinski definition) is 4. The van der Waals surface area contributed by atoms with Gasteiger partial charge >= 0.3 is 0 Å². The summed E-state index contributed by atoms with van der Waals surface area (Å²) in [5, 5.41) is 0. The highest BCUT2D eigenvalue weighted by atomic mass is 16.1. The molecule has 2 aliphatic rings. The second-order valence-corrected chi connectivity index (χ2v) is 7.94. The Kier molecular flexibility index (Phi) is 10.7. The smallest absolute Gasteiger partial charge is 0.217 e. The summed E-state index contributed by atoms with van der Waals surface area (Å²) in [5.74, 6) is 1.29. The highest BCUT2D eigenvalue weighted by Gasteiger charge is 2.24. The zero-order valence-electron chi connectivity index (χ0n) is 15.6. The van der Waals surface area contributed by atoms with Gasteiger partial charge in [-0.3, -0.25) is 9.59 Å². The Morgan fingerprint density at radius 1 is 0.640 bits per heavy atom. The summed E-state index contributed by atoms with van der Waals surface area (Å²) in [5.41, 5.74) is 21.6. The topological polar surface area (TPSA) is 138 Å². The van der Waals surface area contributed by atoms with E-state index in [4.69, 9.17) is 22.9 Å². The Morgan fingerprint density at radius 3 is 1.24 bits per heavy atom. The molecule has 0 heterocycles. The molecule has 2 fully saturated rings. The summed E-state index contributed by atoms with van der Waals surface area (Å²) in [6, 6.07) is 1.00.